The Balaban J connectivity index is 1.67. The first-order chi connectivity index (χ1) is 11.6. The molecule has 24 heavy (non-hydrogen) atoms. The van der Waals surface area contributed by atoms with E-state index in [1.165, 1.54) is 0 Å². The molecule has 1 aromatic carbocycles. The van der Waals surface area contributed by atoms with Crippen LogP contribution in [0.15, 0.2) is 24.3 Å². The van der Waals surface area contributed by atoms with E-state index < -0.39 is 11.5 Å². The molecule has 2 heterocycles. The number of benzene rings is 1. The molecule has 0 spiro atoms. The van der Waals surface area contributed by atoms with Crippen LogP contribution < -0.4 is 16.0 Å². The molecule has 3 N–H and O–H groups in total. The number of carbonyl (C=O) groups is 2. The molecule has 3 rings (SSSR count). The van der Waals surface area contributed by atoms with Gasteiger partial charge in [-0.25, -0.2) is 0 Å². The highest BCUT2D eigenvalue weighted by molar-refractivity contribution is 6.30. The smallest absolute Gasteiger partial charge is 0.249 e. The highest BCUT2D eigenvalue weighted by Crippen LogP contribution is 2.30. The van der Waals surface area contributed by atoms with Crippen LogP contribution in [0.5, 0.6) is 0 Å². The van der Waals surface area contributed by atoms with Gasteiger partial charge in [-0.3, -0.25) is 9.59 Å². The minimum absolute atomic E-state index is 0.0927. The van der Waals surface area contributed by atoms with E-state index in [4.69, 9.17) is 22.1 Å². The molecule has 2 amide bonds. The molecule has 1 atom stereocenters. The van der Waals surface area contributed by atoms with Gasteiger partial charge in [0.2, 0.25) is 11.8 Å². The maximum atomic E-state index is 12.7. The average Bonchev–Trinajstić information content (AvgIpc) is 2.97. The van der Waals surface area contributed by atoms with Crippen LogP contribution in [0.3, 0.4) is 0 Å². The molecular formula is C17H22ClN3O3. The number of anilines is 1. The molecule has 2 saturated heterocycles. The summed E-state index contributed by atoms with van der Waals surface area (Å²) in [6.07, 6.45) is 1.78. The summed E-state index contributed by atoms with van der Waals surface area (Å²) in [5, 5.41) is 3.53. The molecule has 2 aliphatic heterocycles. The highest BCUT2D eigenvalue weighted by Gasteiger charge is 2.42. The Bertz CT molecular complexity index is 614. The number of nitrogens with zero attached hydrogens (tertiary/aromatic N) is 1. The van der Waals surface area contributed by atoms with Crippen molar-refractivity contribution in [2.75, 3.05) is 31.2 Å². The number of carbonyl (C=O) groups excluding carboxylic acids is 2. The molecule has 6 nitrogen and oxygen atoms in total. The normalized spacial score (nSPS) is 23.3. The van der Waals surface area contributed by atoms with E-state index in [2.05, 4.69) is 5.32 Å². The maximum absolute atomic E-state index is 12.7. The summed E-state index contributed by atoms with van der Waals surface area (Å²) in [4.78, 5) is 27.0. The highest BCUT2D eigenvalue weighted by atomic mass is 35.5. The second kappa shape index (κ2) is 7.09. The van der Waals surface area contributed by atoms with Crippen molar-refractivity contribution in [3.63, 3.8) is 0 Å². The van der Waals surface area contributed by atoms with E-state index in [1.807, 2.05) is 12.1 Å². The number of rotatable bonds is 4. The van der Waals surface area contributed by atoms with Gasteiger partial charge in [0, 0.05) is 37.0 Å². The molecule has 130 valence electrons. The first-order valence-electron chi connectivity index (χ1n) is 8.21. The van der Waals surface area contributed by atoms with Gasteiger partial charge in [-0.2, -0.15) is 0 Å². The second-order valence-corrected chi connectivity index (χ2v) is 6.81. The quantitative estimate of drug-likeness (QED) is 0.856. The van der Waals surface area contributed by atoms with Crippen molar-refractivity contribution < 1.29 is 14.3 Å². The third kappa shape index (κ3) is 3.27. The monoisotopic (exact) mass is 351 g/mol. The van der Waals surface area contributed by atoms with Crippen LogP contribution in [-0.2, 0) is 14.3 Å². The number of hydrogen-bond acceptors (Lipinski definition) is 4. The summed E-state index contributed by atoms with van der Waals surface area (Å²) in [5.41, 5.74) is 6.03. The number of nitrogens with two attached hydrogens (primary N) is 1. The lowest BCUT2D eigenvalue weighted by Crippen LogP contribution is -2.53. The van der Waals surface area contributed by atoms with Gasteiger partial charge in [-0.1, -0.05) is 11.6 Å². The van der Waals surface area contributed by atoms with Crippen LogP contribution >= 0.6 is 11.6 Å². The number of halogens is 1. The van der Waals surface area contributed by atoms with Crippen LogP contribution in [0.4, 0.5) is 5.69 Å². The minimum Gasteiger partial charge on any atom is -0.381 e. The number of ether oxygens (including phenoxy) is 1. The number of hydrogen-bond donors (Lipinski definition) is 2. The van der Waals surface area contributed by atoms with Crippen molar-refractivity contribution in [2.45, 2.75) is 25.3 Å². The summed E-state index contributed by atoms with van der Waals surface area (Å²) in [6, 6.07) is 6.62. The van der Waals surface area contributed by atoms with Crippen LogP contribution in [0.1, 0.15) is 19.3 Å². The Morgan fingerprint density at radius 2 is 2.00 bits per heavy atom. The minimum atomic E-state index is -0.619. The van der Waals surface area contributed by atoms with Crippen molar-refractivity contribution in [1.29, 1.82) is 0 Å². The Labute approximate surface area is 146 Å². The van der Waals surface area contributed by atoms with E-state index in [0.717, 1.165) is 5.69 Å². The van der Waals surface area contributed by atoms with Crippen LogP contribution in [0.25, 0.3) is 0 Å². The largest absolute Gasteiger partial charge is 0.381 e. The van der Waals surface area contributed by atoms with Crippen molar-refractivity contribution in [2.24, 2.45) is 11.1 Å². The Morgan fingerprint density at radius 1 is 1.33 bits per heavy atom. The Morgan fingerprint density at radius 3 is 2.62 bits per heavy atom. The van der Waals surface area contributed by atoms with Crippen LogP contribution in [0.2, 0.25) is 5.02 Å². The summed E-state index contributed by atoms with van der Waals surface area (Å²) >= 11 is 5.89. The molecule has 0 radical (unpaired) electrons. The van der Waals surface area contributed by atoms with E-state index in [-0.39, 0.29) is 18.4 Å². The molecule has 0 aliphatic carbocycles. The molecule has 0 aromatic heterocycles. The van der Waals surface area contributed by atoms with Gasteiger partial charge in [-0.05, 0) is 43.5 Å². The van der Waals surface area contributed by atoms with Crippen molar-refractivity contribution in [3.05, 3.63) is 29.3 Å². The standard InChI is InChI=1S/C17H22ClN3O3/c18-12-1-3-13(4-2-12)21-8-5-14(15(21)22)20-16(23)17(11-19)6-9-24-10-7-17/h1-4,14H,5-11,19H2,(H,20,23). The van der Waals surface area contributed by atoms with Crippen LogP contribution in [0, 0.1) is 5.41 Å². The van der Waals surface area contributed by atoms with Gasteiger partial charge < -0.3 is 20.7 Å². The molecule has 0 bridgehead atoms. The third-order valence-electron chi connectivity index (χ3n) is 4.97. The summed E-state index contributed by atoms with van der Waals surface area (Å²) in [7, 11) is 0. The summed E-state index contributed by atoms with van der Waals surface area (Å²) in [6.45, 7) is 1.90. The molecular weight excluding hydrogens is 330 g/mol. The topological polar surface area (TPSA) is 84.7 Å². The van der Waals surface area contributed by atoms with Gasteiger partial charge in [0.1, 0.15) is 6.04 Å². The zero-order chi connectivity index (χ0) is 17.2. The molecule has 2 aliphatic rings. The molecule has 0 saturated carbocycles. The Hall–Kier alpha value is -1.63. The van der Waals surface area contributed by atoms with E-state index >= 15 is 0 Å². The lowest BCUT2D eigenvalue weighted by atomic mass is 9.79. The molecule has 1 unspecified atom stereocenters. The lowest BCUT2D eigenvalue weighted by molar-refractivity contribution is -0.138. The van der Waals surface area contributed by atoms with Gasteiger partial charge in [0.15, 0.2) is 0 Å². The fourth-order valence-corrected chi connectivity index (χ4v) is 3.41. The van der Waals surface area contributed by atoms with Crippen molar-refractivity contribution in [3.8, 4) is 0 Å². The maximum Gasteiger partial charge on any atom is 0.249 e. The summed E-state index contributed by atoms with van der Waals surface area (Å²) < 4.78 is 5.33. The van der Waals surface area contributed by atoms with Crippen molar-refractivity contribution >= 4 is 29.1 Å². The fourth-order valence-electron chi connectivity index (χ4n) is 3.29. The molecule has 7 heteroatoms. The van der Waals surface area contributed by atoms with Gasteiger partial charge in [-0.15, -0.1) is 0 Å². The fraction of sp³-hybridized carbons (Fsp3) is 0.529. The van der Waals surface area contributed by atoms with Gasteiger partial charge in [0.25, 0.3) is 0 Å². The lowest BCUT2D eigenvalue weighted by Gasteiger charge is -2.35. The van der Waals surface area contributed by atoms with E-state index in [0.29, 0.717) is 44.0 Å². The second-order valence-electron chi connectivity index (χ2n) is 6.38. The van der Waals surface area contributed by atoms with Crippen LogP contribution in [-0.4, -0.2) is 44.2 Å². The molecule has 2 fully saturated rings. The zero-order valence-electron chi connectivity index (χ0n) is 13.5. The van der Waals surface area contributed by atoms with Crippen molar-refractivity contribution in [1.82, 2.24) is 5.32 Å². The SMILES string of the molecule is NCC1(C(=O)NC2CCN(c3ccc(Cl)cc3)C2=O)CCOCC1. The zero-order valence-corrected chi connectivity index (χ0v) is 14.2. The summed E-state index contributed by atoms with van der Waals surface area (Å²) in [5.74, 6) is -0.227. The molecule has 1 aromatic rings. The van der Waals surface area contributed by atoms with E-state index in [1.54, 1.807) is 17.0 Å². The third-order valence-corrected chi connectivity index (χ3v) is 5.22. The number of amides is 2. The van der Waals surface area contributed by atoms with Gasteiger partial charge in [0.05, 0.1) is 5.41 Å². The first-order valence-corrected chi connectivity index (χ1v) is 8.59. The Kier molecular flexibility index (Phi) is 5.08. The predicted octanol–water partition coefficient (Wildman–Crippen LogP) is 1.32. The van der Waals surface area contributed by atoms with E-state index in [9.17, 15) is 9.59 Å². The number of nitrogens with one attached hydrogen (secondary N) is 1. The predicted molar refractivity (Wildman–Crippen MR) is 91.9 cm³/mol. The first kappa shape index (κ1) is 17.2. The average molecular weight is 352 g/mol. The van der Waals surface area contributed by atoms with Gasteiger partial charge >= 0.3 is 0 Å².